The zero-order chi connectivity index (χ0) is 7.11. The van der Waals surface area contributed by atoms with Crippen molar-refractivity contribution in [2.75, 3.05) is 13.0 Å². The Morgan fingerprint density at radius 1 is 1.78 bits per heavy atom. The van der Waals surface area contributed by atoms with Gasteiger partial charge in [-0.2, -0.15) is 0 Å². The minimum Gasteiger partial charge on any atom is -0.364 e. The lowest BCUT2D eigenvalue weighted by molar-refractivity contribution is 0.0812. The molecule has 0 rings (SSSR count). The lowest BCUT2D eigenvalue weighted by atomic mass is 10.0. The molecule has 0 spiro atoms. The third-order valence-electron chi connectivity index (χ3n) is 0.798. The second kappa shape index (κ2) is 6.18. The molecule has 0 saturated carbocycles. The highest BCUT2D eigenvalue weighted by molar-refractivity contribution is 7.23. The van der Waals surface area contributed by atoms with Crippen molar-refractivity contribution in [3.63, 3.8) is 0 Å². The van der Waals surface area contributed by atoms with Crippen molar-refractivity contribution in [2.45, 2.75) is 12.4 Å². The van der Waals surface area contributed by atoms with Gasteiger partial charge in [0.1, 0.15) is 13.0 Å². The molecule has 2 nitrogen and oxygen atoms in total. The summed E-state index contributed by atoms with van der Waals surface area (Å²) < 4.78 is 26.1. The van der Waals surface area contributed by atoms with Gasteiger partial charge in [-0.25, -0.2) is 4.39 Å². The van der Waals surface area contributed by atoms with Crippen molar-refractivity contribution in [3.8, 4) is 0 Å². The van der Waals surface area contributed by atoms with Gasteiger partial charge >= 0.3 is 0 Å². The van der Waals surface area contributed by atoms with Crippen LogP contribution in [0.3, 0.4) is 0 Å². The van der Waals surface area contributed by atoms with Gasteiger partial charge in [0.05, 0.1) is 14.0 Å². The van der Waals surface area contributed by atoms with E-state index in [-0.39, 0.29) is 21.1 Å². The molecular formula is C4H7BFO2P. The third-order valence-corrected chi connectivity index (χ3v) is 1.05. The van der Waals surface area contributed by atoms with Crippen LogP contribution in [-0.2, 0) is 9.30 Å². The SMILES string of the molecule is [B]CC(CF)OCP=O. The van der Waals surface area contributed by atoms with Gasteiger partial charge in [-0.05, 0) is 0 Å². The molecule has 0 bridgehead atoms. The minimum absolute atomic E-state index is 0.0196. The maximum absolute atomic E-state index is 11.7. The summed E-state index contributed by atoms with van der Waals surface area (Å²) in [4.78, 5) is 0. The highest BCUT2D eigenvalue weighted by Gasteiger charge is 2.03. The largest absolute Gasteiger partial charge is 0.364 e. The molecule has 5 heteroatoms. The normalized spacial score (nSPS) is 13.9. The Hall–Kier alpha value is 0.0549. The average molecular weight is 148 g/mol. The molecule has 1 unspecified atom stereocenters. The Morgan fingerprint density at radius 2 is 2.44 bits per heavy atom. The van der Waals surface area contributed by atoms with E-state index in [0.29, 0.717) is 0 Å². The van der Waals surface area contributed by atoms with Gasteiger partial charge in [0.25, 0.3) is 0 Å². The lowest BCUT2D eigenvalue weighted by Gasteiger charge is -2.07. The molecule has 0 aliphatic carbocycles. The summed E-state index contributed by atoms with van der Waals surface area (Å²) in [5, 5.41) is 0. The molecule has 2 radical (unpaired) electrons. The van der Waals surface area contributed by atoms with E-state index in [0.717, 1.165) is 0 Å². The van der Waals surface area contributed by atoms with E-state index in [1.807, 2.05) is 0 Å². The predicted molar refractivity (Wildman–Crippen MR) is 33.9 cm³/mol. The van der Waals surface area contributed by atoms with E-state index in [2.05, 4.69) is 4.74 Å². The summed E-state index contributed by atoms with van der Waals surface area (Å²) >= 11 is 0. The first-order valence-corrected chi connectivity index (χ1v) is 3.51. The fourth-order valence-electron chi connectivity index (χ4n) is 0.311. The summed E-state index contributed by atoms with van der Waals surface area (Å²) in [6.07, 6.45) is -0.441. The highest BCUT2D eigenvalue weighted by atomic mass is 31.1. The predicted octanol–water partition coefficient (Wildman–Crippen LogP) is 1.18. The smallest absolute Gasteiger partial charge is 0.183 e. The summed E-state index contributed by atoms with van der Waals surface area (Å²) in [5.41, 5.74) is 0. The second-order valence-corrected chi connectivity index (χ2v) is 1.95. The van der Waals surface area contributed by atoms with Crippen LogP contribution in [0.2, 0.25) is 6.32 Å². The highest BCUT2D eigenvalue weighted by Crippen LogP contribution is 2.01. The van der Waals surface area contributed by atoms with Gasteiger partial charge < -0.3 is 4.74 Å². The molecule has 0 aliphatic rings. The molecule has 0 aliphatic heterocycles. The fourth-order valence-corrected chi connectivity index (χ4v) is 0.583. The summed E-state index contributed by atoms with van der Waals surface area (Å²) in [6.45, 7) is -0.619. The van der Waals surface area contributed by atoms with Gasteiger partial charge in [-0.3, -0.25) is 4.57 Å². The first-order chi connectivity index (χ1) is 4.35. The Labute approximate surface area is 56.4 Å². The van der Waals surface area contributed by atoms with E-state index in [1.54, 1.807) is 0 Å². The molecule has 0 aromatic rings. The number of halogens is 1. The maximum Gasteiger partial charge on any atom is 0.183 e. The van der Waals surface area contributed by atoms with Crippen LogP contribution in [0, 0.1) is 0 Å². The zero-order valence-electron chi connectivity index (χ0n) is 4.92. The van der Waals surface area contributed by atoms with Crippen molar-refractivity contribution in [3.05, 3.63) is 0 Å². The van der Waals surface area contributed by atoms with Gasteiger partial charge in [0.2, 0.25) is 0 Å². The minimum atomic E-state index is -0.619. The average Bonchev–Trinajstić information content (AvgIpc) is 1.91. The first-order valence-electron chi connectivity index (χ1n) is 2.52. The number of alkyl halides is 1. The van der Waals surface area contributed by atoms with Crippen LogP contribution in [-0.4, -0.2) is 27.0 Å². The van der Waals surface area contributed by atoms with Gasteiger partial charge in [0.15, 0.2) is 8.46 Å². The summed E-state index contributed by atoms with van der Waals surface area (Å²) in [5.74, 6) is 0. The van der Waals surface area contributed by atoms with Crippen LogP contribution >= 0.6 is 8.46 Å². The van der Waals surface area contributed by atoms with Crippen LogP contribution in [0.1, 0.15) is 0 Å². The molecule has 0 amide bonds. The van der Waals surface area contributed by atoms with Gasteiger partial charge in [-0.1, -0.05) is 6.32 Å². The quantitative estimate of drug-likeness (QED) is 0.432. The van der Waals surface area contributed by atoms with Crippen LogP contribution in [0.5, 0.6) is 0 Å². The van der Waals surface area contributed by atoms with Crippen molar-refractivity contribution in [2.24, 2.45) is 0 Å². The summed E-state index contributed by atoms with van der Waals surface area (Å²) in [7, 11) is 4.92. The number of hydrogen-bond acceptors (Lipinski definition) is 2. The van der Waals surface area contributed by atoms with Crippen molar-refractivity contribution in [1.82, 2.24) is 0 Å². The zero-order valence-corrected chi connectivity index (χ0v) is 5.81. The van der Waals surface area contributed by atoms with E-state index in [4.69, 9.17) is 7.85 Å². The maximum atomic E-state index is 11.7. The fraction of sp³-hybridized carbons (Fsp3) is 1.00. The van der Waals surface area contributed by atoms with Crippen molar-refractivity contribution in [1.29, 1.82) is 0 Å². The molecule has 1 atom stereocenters. The number of rotatable bonds is 5. The Bertz CT molecular complexity index is 79.0. The molecule has 0 N–H and O–H groups in total. The molecule has 0 aromatic heterocycles. The third kappa shape index (κ3) is 4.55. The molecule has 9 heavy (non-hydrogen) atoms. The van der Waals surface area contributed by atoms with Crippen LogP contribution in [0.15, 0.2) is 0 Å². The molecule has 0 aromatic carbocycles. The number of ether oxygens (including phenoxy) is 1. The lowest BCUT2D eigenvalue weighted by Crippen LogP contribution is -2.13. The second-order valence-electron chi connectivity index (χ2n) is 1.44. The Kier molecular flexibility index (Phi) is 6.22. The Morgan fingerprint density at radius 3 is 2.78 bits per heavy atom. The molecule has 50 valence electrons. The van der Waals surface area contributed by atoms with E-state index < -0.39 is 12.8 Å². The van der Waals surface area contributed by atoms with E-state index in [1.165, 1.54) is 0 Å². The van der Waals surface area contributed by atoms with Crippen LogP contribution in [0.4, 0.5) is 4.39 Å². The summed E-state index contributed by atoms with van der Waals surface area (Å²) in [6, 6.07) is 0. The van der Waals surface area contributed by atoms with Gasteiger partial charge in [-0.15, -0.1) is 0 Å². The topological polar surface area (TPSA) is 26.3 Å². The van der Waals surface area contributed by atoms with E-state index >= 15 is 0 Å². The monoisotopic (exact) mass is 148 g/mol. The molecule has 0 heterocycles. The van der Waals surface area contributed by atoms with E-state index in [9.17, 15) is 8.96 Å². The van der Waals surface area contributed by atoms with Crippen LogP contribution in [0.25, 0.3) is 0 Å². The molecular weight excluding hydrogens is 141 g/mol. The Balaban J connectivity index is 3.19. The van der Waals surface area contributed by atoms with Crippen LogP contribution < -0.4 is 0 Å². The molecule has 0 saturated heterocycles. The van der Waals surface area contributed by atoms with Crippen molar-refractivity contribution < 1.29 is 13.7 Å². The van der Waals surface area contributed by atoms with Gasteiger partial charge in [0, 0.05) is 0 Å². The standard InChI is InChI=1S/C4H7BFO2P/c5-1-4(2-6)8-3-9-7/h4H,1-3H2. The van der Waals surface area contributed by atoms with Crippen molar-refractivity contribution >= 4 is 16.3 Å². The number of hydrogen-bond donors (Lipinski definition) is 0. The first kappa shape index (κ1) is 9.05. The molecule has 0 fully saturated rings.